The number of carboxylic acids is 1. The molecule has 25 heavy (non-hydrogen) atoms. The fraction of sp³-hybridized carbons (Fsp3) is 0.619. The van der Waals surface area contributed by atoms with Gasteiger partial charge in [0.2, 0.25) is 0 Å². The van der Waals surface area contributed by atoms with E-state index in [4.69, 9.17) is 9.84 Å². The lowest BCUT2D eigenvalue weighted by Gasteiger charge is -2.36. The van der Waals surface area contributed by atoms with Crippen molar-refractivity contribution in [2.24, 2.45) is 17.3 Å². The molecule has 0 amide bonds. The van der Waals surface area contributed by atoms with Gasteiger partial charge in [-0.15, -0.1) is 0 Å². The van der Waals surface area contributed by atoms with Gasteiger partial charge in [-0.3, -0.25) is 4.79 Å². The lowest BCUT2D eigenvalue weighted by Crippen LogP contribution is -2.26. The Morgan fingerprint density at radius 1 is 1.48 bits per heavy atom. The monoisotopic (exact) mass is 348 g/mol. The molecule has 0 fully saturated rings. The number of carboxylic acid groups (broad SMARTS) is 1. The number of esters is 1. The zero-order valence-corrected chi connectivity index (χ0v) is 16.0. The van der Waals surface area contributed by atoms with Gasteiger partial charge < -0.3 is 9.84 Å². The third kappa shape index (κ3) is 6.52. The molecule has 0 aromatic heterocycles. The summed E-state index contributed by atoms with van der Waals surface area (Å²) in [6.45, 7) is 10.6. The van der Waals surface area contributed by atoms with E-state index < -0.39 is 5.97 Å². The van der Waals surface area contributed by atoms with Crippen molar-refractivity contribution in [3.05, 3.63) is 36.0 Å². The molecule has 0 aliphatic heterocycles. The summed E-state index contributed by atoms with van der Waals surface area (Å²) in [5.74, 6) is -0.439. The Balaban J connectivity index is 2.88. The summed E-state index contributed by atoms with van der Waals surface area (Å²) < 4.78 is 4.84. The van der Waals surface area contributed by atoms with Crippen LogP contribution in [0.1, 0.15) is 59.3 Å². The minimum atomic E-state index is -0.728. The smallest absolute Gasteiger partial charge is 0.338 e. The maximum Gasteiger partial charge on any atom is 0.338 e. The maximum atomic E-state index is 11.9. The molecule has 3 atom stereocenters. The average molecular weight is 348 g/mol. The van der Waals surface area contributed by atoms with Gasteiger partial charge in [-0.2, -0.15) is 0 Å². The number of hydrogen-bond acceptors (Lipinski definition) is 3. The number of hydrogen-bond donors (Lipinski definition) is 1. The molecule has 1 rings (SSSR count). The van der Waals surface area contributed by atoms with Crippen LogP contribution in [0.4, 0.5) is 0 Å². The van der Waals surface area contributed by atoms with Gasteiger partial charge >= 0.3 is 11.9 Å². The van der Waals surface area contributed by atoms with Crippen LogP contribution in [0.5, 0.6) is 0 Å². The molecule has 0 saturated carbocycles. The van der Waals surface area contributed by atoms with Crippen molar-refractivity contribution in [3.8, 4) is 0 Å². The summed E-state index contributed by atoms with van der Waals surface area (Å²) in [5, 5.41) is 8.94. The van der Waals surface area contributed by atoms with E-state index in [0.29, 0.717) is 11.5 Å². The first-order valence-corrected chi connectivity index (χ1v) is 9.04. The number of ether oxygens (including phenoxy) is 1. The van der Waals surface area contributed by atoms with Crippen molar-refractivity contribution in [2.75, 3.05) is 7.11 Å². The van der Waals surface area contributed by atoms with Crippen molar-refractivity contribution in [1.29, 1.82) is 0 Å². The second-order valence-electron chi connectivity index (χ2n) is 7.64. The third-order valence-electron chi connectivity index (χ3n) is 5.57. The van der Waals surface area contributed by atoms with Crippen LogP contribution in [0.2, 0.25) is 0 Å². The molecule has 4 nitrogen and oxygen atoms in total. The second-order valence-corrected chi connectivity index (χ2v) is 7.64. The molecule has 1 aliphatic carbocycles. The molecule has 0 aromatic carbocycles. The van der Waals surface area contributed by atoms with Crippen LogP contribution >= 0.6 is 0 Å². The van der Waals surface area contributed by atoms with Crippen LogP contribution in [0, 0.1) is 17.3 Å². The summed E-state index contributed by atoms with van der Waals surface area (Å²) in [7, 11) is 1.39. The van der Waals surface area contributed by atoms with E-state index in [1.807, 2.05) is 13.0 Å². The van der Waals surface area contributed by atoms with Crippen LogP contribution < -0.4 is 0 Å². The molecule has 0 spiro atoms. The van der Waals surface area contributed by atoms with E-state index in [-0.39, 0.29) is 23.7 Å². The number of carbonyl (C=O) groups excluding carboxylic acids is 1. The van der Waals surface area contributed by atoms with Gasteiger partial charge in [0.25, 0.3) is 0 Å². The van der Waals surface area contributed by atoms with Crippen LogP contribution in [0.25, 0.3) is 0 Å². The van der Waals surface area contributed by atoms with Gasteiger partial charge in [0.15, 0.2) is 0 Å². The van der Waals surface area contributed by atoms with Crippen molar-refractivity contribution in [3.63, 3.8) is 0 Å². The Kier molecular flexibility index (Phi) is 8.14. The van der Waals surface area contributed by atoms with E-state index in [1.165, 1.54) is 7.11 Å². The fourth-order valence-corrected chi connectivity index (χ4v) is 3.34. The number of carbonyl (C=O) groups is 2. The second kappa shape index (κ2) is 9.59. The maximum absolute atomic E-state index is 11.9. The highest BCUT2D eigenvalue weighted by Gasteiger charge is 2.31. The van der Waals surface area contributed by atoms with Crippen molar-refractivity contribution in [2.45, 2.75) is 59.3 Å². The topological polar surface area (TPSA) is 63.6 Å². The minimum Gasteiger partial charge on any atom is -0.481 e. The predicted molar refractivity (Wildman–Crippen MR) is 100 cm³/mol. The van der Waals surface area contributed by atoms with Crippen molar-refractivity contribution >= 4 is 11.9 Å². The van der Waals surface area contributed by atoms with Gasteiger partial charge in [-0.25, -0.2) is 4.79 Å². The summed E-state index contributed by atoms with van der Waals surface area (Å²) in [5.41, 5.74) is 1.47. The molecule has 0 saturated heterocycles. The standard InChI is InChI=1S/C21H32O4/c1-15(14-19(22)23)11-13-21(4)12-7-6-8-18(20(24)25-5)16(2)9-10-17(21)3/h6-8,15,17H,2,9-14H2,1,3-5H3,(H,22,23)/b7-6-,18-8?/t15-,17+,21-/m0/s1. The molecular formula is C21H32O4. The average Bonchev–Trinajstić information content (AvgIpc) is 2.55. The first-order chi connectivity index (χ1) is 11.7. The predicted octanol–water partition coefficient (Wildman–Crippen LogP) is 4.92. The molecule has 1 aliphatic rings. The summed E-state index contributed by atoms with van der Waals surface area (Å²) in [6, 6.07) is 0. The minimum absolute atomic E-state index is 0.111. The fourth-order valence-electron chi connectivity index (χ4n) is 3.34. The van der Waals surface area contributed by atoms with Crippen molar-refractivity contribution < 1.29 is 19.4 Å². The molecule has 0 radical (unpaired) electrons. The molecule has 1 N–H and O–H groups in total. The van der Waals surface area contributed by atoms with Crippen LogP contribution in [-0.4, -0.2) is 24.2 Å². The van der Waals surface area contributed by atoms with E-state index in [1.54, 1.807) is 6.08 Å². The zero-order chi connectivity index (χ0) is 19.0. The Morgan fingerprint density at radius 3 is 2.76 bits per heavy atom. The van der Waals surface area contributed by atoms with Gasteiger partial charge in [0, 0.05) is 6.42 Å². The highest BCUT2D eigenvalue weighted by atomic mass is 16.5. The highest BCUT2D eigenvalue weighted by Crippen LogP contribution is 2.41. The normalized spacial score (nSPS) is 27.1. The van der Waals surface area contributed by atoms with Gasteiger partial charge in [0.05, 0.1) is 12.7 Å². The number of methoxy groups -OCH3 is 1. The van der Waals surface area contributed by atoms with E-state index >= 15 is 0 Å². The largest absolute Gasteiger partial charge is 0.481 e. The number of allylic oxidation sites excluding steroid dienone is 3. The Morgan fingerprint density at radius 2 is 2.16 bits per heavy atom. The van der Waals surface area contributed by atoms with Crippen LogP contribution in [-0.2, 0) is 14.3 Å². The quantitative estimate of drug-likeness (QED) is 0.692. The molecule has 4 heteroatoms. The van der Waals surface area contributed by atoms with E-state index in [2.05, 4.69) is 26.5 Å². The number of aliphatic carboxylic acids is 1. The first kappa shape index (κ1) is 21.2. The molecule has 0 aromatic rings. The van der Waals surface area contributed by atoms with Crippen LogP contribution in [0.3, 0.4) is 0 Å². The lowest BCUT2D eigenvalue weighted by molar-refractivity contribution is -0.138. The van der Waals surface area contributed by atoms with Crippen molar-refractivity contribution in [1.82, 2.24) is 0 Å². The molecule has 140 valence electrons. The van der Waals surface area contributed by atoms with Gasteiger partial charge in [-0.1, -0.05) is 39.5 Å². The van der Waals surface area contributed by atoms with E-state index in [9.17, 15) is 9.59 Å². The van der Waals surface area contributed by atoms with Gasteiger partial charge in [0.1, 0.15) is 0 Å². The van der Waals surface area contributed by atoms with Crippen LogP contribution in [0.15, 0.2) is 36.0 Å². The van der Waals surface area contributed by atoms with E-state index in [0.717, 1.165) is 37.7 Å². The molecule has 0 heterocycles. The SMILES string of the molecule is C=C1CC[C@@H](C)[C@](C)(CC[C@H](C)CC(=O)O)C/C=C\C=C1C(=O)OC. The zero-order valence-electron chi connectivity index (χ0n) is 16.0. The van der Waals surface area contributed by atoms with Gasteiger partial charge in [-0.05, 0) is 61.0 Å². The lowest BCUT2D eigenvalue weighted by atomic mass is 9.68. The summed E-state index contributed by atoms with van der Waals surface area (Å²) in [6.07, 6.45) is 10.5. The Labute approximate surface area is 151 Å². The summed E-state index contributed by atoms with van der Waals surface area (Å²) >= 11 is 0. The summed E-state index contributed by atoms with van der Waals surface area (Å²) in [4.78, 5) is 22.8. The molecular weight excluding hydrogens is 316 g/mol. The Hall–Kier alpha value is -1.84. The number of rotatable bonds is 6. The molecule has 0 unspecified atom stereocenters. The Bertz CT molecular complexity index is 558. The molecule has 0 bridgehead atoms. The highest BCUT2D eigenvalue weighted by molar-refractivity contribution is 5.93. The first-order valence-electron chi connectivity index (χ1n) is 9.04. The third-order valence-corrected chi connectivity index (χ3v) is 5.57.